The minimum Gasteiger partial charge on any atom is -0.406 e. The van der Waals surface area contributed by atoms with E-state index in [-0.39, 0.29) is 37.0 Å². The molecule has 1 N–H and O–H groups in total. The van der Waals surface area contributed by atoms with Crippen molar-refractivity contribution in [1.29, 1.82) is 0 Å². The van der Waals surface area contributed by atoms with Crippen LogP contribution in [0.1, 0.15) is 25.3 Å². The molecule has 2 aromatic rings. The first kappa shape index (κ1) is 28.4. The third-order valence-electron chi connectivity index (χ3n) is 6.58. The lowest BCUT2D eigenvalue weighted by Crippen LogP contribution is -2.61. The fraction of sp³-hybridized carbons (Fsp3) is 0.333. The second kappa shape index (κ2) is 11.6. The molecule has 0 unspecified atom stereocenters. The maximum atomic E-state index is 13.5. The number of rotatable bonds is 7. The summed E-state index contributed by atoms with van der Waals surface area (Å²) in [5.74, 6) is -1.44. The minimum atomic E-state index is -4.92. The van der Waals surface area contributed by atoms with E-state index >= 15 is 0 Å². The first-order chi connectivity index (χ1) is 18.5. The molecule has 1 atom stereocenters. The van der Waals surface area contributed by atoms with E-state index in [2.05, 4.69) is 16.1 Å². The number of piperazine rings is 1. The van der Waals surface area contributed by atoms with Crippen LogP contribution in [0.15, 0.2) is 77.2 Å². The molecule has 4 rings (SSSR count). The van der Waals surface area contributed by atoms with Crippen molar-refractivity contribution in [2.45, 2.75) is 37.1 Å². The van der Waals surface area contributed by atoms with Crippen LogP contribution in [-0.2, 0) is 19.6 Å². The van der Waals surface area contributed by atoms with Gasteiger partial charge in [-0.25, -0.2) is 8.42 Å². The maximum Gasteiger partial charge on any atom is 0.573 e. The summed E-state index contributed by atoms with van der Waals surface area (Å²) in [6.45, 7) is 1.30. The van der Waals surface area contributed by atoms with Crippen LogP contribution in [0.2, 0.25) is 0 Å². The fourth-order valence-electron chi connectivity index (χ4n) is 4.63. The highest BCUT2D eigenvalue weighted by atomic mass is 32.2. The first-order valence-electron chi connectivity index (χ1n) is 12.3. The smallest absolute Gasteiger partial charge is 0.406 e. The zero-order valence-corrected chi connectivity index (χ0v) is 22.0. The standard InChI is InChI=1S/C27H28F3N3O5S/c1-19(34)32-15-16-33(39(36,37)23-13-11-22(12-14-23)38-27(28,29)30)25(18-32)26(35)31-17-21-9-5-6-10-24(21)20-7-3-2-4-8-20/h2-4,6-8,10-14,25H,5,9,15-18H2,1H3,(H,31,35)/t25-/m1/s1. The zero-order chi connectivity index (χ0) is 28.2. The molecule has 0 saturated carbocycles. The molecule has 0 spiro atoms. The van der Waals surface area contributed by atoms with Crippen LogP contribution < -0.4 is 10.1 Å². The Morgan fingerprint density at radius 1 is 1.05 bits per heavy atom. The zero-order valence-electron chi connectivity index (χ0n) is 21.1. The number of nitrogens with one attached hydrogen (secondary N) is 1. The molecule has 1 aliphatic carbocycles. The van der Waals surface area contributed by atoms with Crippen LogP contribution >= 0.6 is 0 Å². The van der Waals surface area contributed by atoms with E-state index < -0.39 is 34.1 Å². The van der Waals surface area contributed by atoms with Gasteiger partial charge in [0.15, 0.2) is 0 Å². The van der Waals surface area contributed by atoms with Gasteiger partial charge < -0.3 is 15.0 Å². The molecule has 39 heavy (non-hydrogen) atoms. The number of carbonyl (C=O) groups excluding carboxylic acids is 2. The van der Waals surface area contributed by atoms with Gasteiger partial charge in [0.25, 0.3) is 0 Å². The Hall–Kier alpha value is -3.64. The SMILES string of the molecule is CC(=O)N1CCN(S(=O)(=O)c2ccc(OC(F)(F)F)cc2)[C@@H](C(=O)NCC2=C(c3ccccc3)C=CCC2)C1. The summed E-state index contributed by atoms with van der Waals surface area (Å²) in [7, 11) is -4.29. The molecule has 208 valence electrons. The van der Waals surface area contributed by atoms with Gasteiger partial charge in [-0.15, -0.1) is 13.2 Å². The topological polar surface area (TPSA) is 96.0 Å². The molecule has 0 aromatic heterocycles. The lowest BCUT2D eigenvalue weighted by atomic mass is 9.92. The summed E-state index contributed by atoms with van der Waals surface area (Å²) in [6.07, 6.45) is 0.661. The molecule has 2 amide bonds. The number of halogens is 3. The lowest BCUT2D eigenvalue weighted by Gasteiger charge is -2.39. The minimum absolute atomic E-state index is 0.0711. The molecule has 1 fully saturated rings. The Labute approximate surface area is 224 Å². The van der Waals surface area contributed by atoms with E-state index in [9.17, 15) is 31.2 Å². The third-order valence-corrected chi connectivity index (χ3v) is 8.50. The van der Waals surface area contributed by atoms with Crippen LogP contribution in [0, 0.1) is 0 Å². The predicted molar refractivity (Wildman–Crippen MR) is 138 cm³/mol. The number of carbonyl (C=O) groups is 2. The highest BCUT2D eigenvalue weighted by molar-refractivity contribution is 7.89. The Bertz CT molecular complexity index is 1370. The van der Waals surface area contributed by atoms with Gasteiger partial charge in [-0.1, -0.05) is 42.5 Å². The molecule has 1 saturated heterocycles. The predicted octanol–water partition coefficient (Wildman–Crippen LogP) is 3.73. The highest BCUT2D eigenvalue weighted by Gasteiger charge is 2.41. The van der Waals surface area contributed by atoms with Gasteiger partial charge in [-0.3, -0.25) is 9.59 Å². The molecule has 0 radical (unpaired) electrons. The largest absolute Gasteiger partial charge is 0.573 e. The van der Waals surface area contributed by atoms with Gasteiger partial charge in [-0.05, 0) is 53.8 Å². The van der Waals surface area contributed by atoms with Crippen LogP contribution in [-0.4, -0.2) is 68.0 Å². The number of amides is 2. The fourth-order valence-corrected chi connectivity index (χ4v) is 6.20. The first-order valence-corrected chi connectivity index (χ1v) is 13.7. The van der Waals surface area contributed by atoms with Gasteiger partial charge in [0.2, 0.25) is 21.8 Å². The van der Waals surface area contributed by atoms with Crippen LogP contribution in [0.3, 0.4) is 0 Å². The van der Waals surface area contributed by atoms with Gasteiger partial charge in [0, 0.05) is 33.1 Å². The number of alkyl halides is 3. The normalized spacial score (nSPS) is 18.7. The summed E-state index contributed by atoms with van der Waals surface area (Å²) in [6, 6.07) is 12.3. The molecule has 8 nitrogen and oxygen atoms in total. The van der Waals surface area contributed by atoms with E-state index in [1.807, 2.05) is 36.4 Å². The van der Waals surface area contributed by atoms with Crippen molar-refractivity contribution in [3.63, 3.8) is 0 Å². The van der Waals surface area contributed by atoms with Crippen molar-refractivity contribution >= 4 is 27.4 Å². The van der Waals surface area contributed by atoms with Crippen molar-refractivity contribution in [2.75, 3.05) is 26.2 Å². The van der Waals surface area contributed by atoms with Gasteiger partial charge in [0.1, 0.15) is 11.8 Å². The van der Waals surface area contributed by atoms with Gasteiger partial charge in [0.05, 0.1) is 4.90 Å². The quantitative estimate of drug-likeness (QED) is 0.554. The second-order valence-electron chi connectivity index (χ2n) is 9.16. The number of ether oxygens (including phenoxy) is 1. The molecule has 2 aromatic carbocycles. The molecule has 0 bridgehead atoms. The van der Waals surface area contributed by atoms with Crippen molar-refractivity contribution in [2.24, 2.45) is 0 Å². The molecule has 2 aliphatic rings. The number of hydrogen-bond donors (Lipinski definition) is 1. The number of allylic oxidation sites excluding steroid dienone is 3. The van der Waals surface area contributed by atoms with E-state index in [1.165, 1.54) is 11.8 Å². The summed E-state index contributed by atoms with van der Waals surface area (Å²) in [4.78, 5) is 26.6. The number of nitrogens with zero attached hydrogens (tertiary/aromatic N) is 2. The van der Waals surface area contributed by atoms with Crippen molar-refractivity contribution < 1.29 is 35.9 Å². The van der Waals surface area contributed by atoms with E-state index in [0.29, 0.717) is 0 Å². The number of benzene rings is 2. The molecular weight excluding hydrogens is 535 g/mol. The van der Waals surface area contributed by atoms with Gasteiger partial charge in [-0.2, -0.15) is 4.31 Å². The summed E-state index contributed by atoms with van der Waals surface area (Å²) in [5.41, 5.74) is 2.98. The summed E-state index contributed by atoms with van der Waals surface area (Å²) >= 11 is 0. The average Bonchev–Trinajstić information content (AvgIpc) is 2.91. The van der Waals surface area contributed by atoms with Crippen LogP contribution in [0.5, 0.6) is 5.75 Å². The Kier molecular flexibility index (Phi) is 8.45. The number of hydrogen-bond acceptors (Lipinski definition) is 5. The maximum absolute atomic E-state index is 13.5. The van der Waals surface area contributed by atoms with Crippen LogP contribution in [0.25, 0.3) is 5.57 Å². The van der Waals surface area contributed by atoms with E-state index in [0.717, 1.165) is 58.1 Å². The summed E-state index contributed by atoms with van der Waals surface area (Å²) in [5, 5.41) is 2.85. The Morgan fingerprint density at radius 3 is 2.38 bits per heavy atom. The summed E-state index contributed by atoms with van der Waals surface area (Å²) < 4.78 is 69.3. The lowest BCUT2D eigenvalue weighted by molar-refractivity contribution is -0.274. The highest BCUT2D eigenvalue weighted by Crippen LogP contribution is 2.29. The van der Waals surface area contributed by atoms with Gasteiger partial charge >= 0.3 is 6.36 Å². The second-order valence-corrected chi connectivity index (χ2v) is 11.0. The van der Waals surface area contributed by atoms with E-state index in [4.69, 9.17) is 0 Å². The number of sulfonamides is 1. The van der Waals surface area contributed by atoms with Crippen molar-refractivity contribution in [3.8, 4) is 5.75 Å². The molecular formula is C27H28F3N3O5S. The third kappa shape index (κ3) is 6.87. The Balaban J connectivity index is 1.56. The van der Waals surface area contributed by atoms with Crippen molar-refractivity contribution in [1.82, 2.24) is 14.5 Å². The molecule has 12 heteroatoms. The molecule has 1 heterocycles. The Morgan fingerprint density at radius 2 is 1.74 bits per heavy atom. The monoisotopic (exact) mass is 563 g/mol. The van der Waals surface area contributed by atoms with Crippen LogP contribution in [0.4, 0.5) is 13.2 Å². The van der Waals surface area contributed by atoms with Crippen molar-refractivity contribution in [3.05, 3.63) is 77.9 Å². The van der Waals surface area contributed by atoms with E-state index in [1.54, 1.807) is 0 Å². The molecule has 1 aliphatic heterocycles. The average molecular weight is 564 g/mol.